The first-order valence-electron chi connectivity index (χ1n) is 11.2. The van der Waals surface area contributed by atoms with Gasteiger partial charge in [-0.15, -0.1) is 13.2 Å². The summed E-state index contributed by atoms with van der Waals surface area (Å²) in [4.78, 5) is 37.8. The number of nitrogen functional groups attached to an aromatic ring is 1. The Kier molecular flexibility index (Phi) is 7.43. The molecule has 2 amide bonds. The second-order valence-corrected chi connectivity index (χ2v) is 8.22. The molecule has 0 unspecified atom stereocenters. The number of carbonyl (C=O) groups excluding carboxylic acids is 2. The van der Waals surface area contributed by atoms with Crippen molar-refractivity contribution in [3.63, 3.8) is 0 Å². The Labute approximate surface area is 210 Å². The van der Waals surface area contributed by atoms with Crippen LogP contribution in [0.4, 0.5) is 24.8 Å². The number of rotatable bonds is 6. The predicted molar refractivity (Wildman–Crippen MR) is 129 cm³/mol. The molecule has 1 aliphatic rings. The van der Waals surface area contributed by atoms with E-state index in [0.29, 0.717) is 43.3 Å². The lowest BCUT2D eigenvalue weighted by Crippen LogP contribution is -2.53. The molecule has 1 aliphatic heterocycles. The highest BCUT2D eigenvalue weighted by Crippen LogP contribution is 2.28. The number of piperazine rings is 1. The normalized spacial score (nSPS) is 13.8. The zero-order chi connectivity index (χ0) is 26.6. The number of aromatic nitrogens is 2. The first-order valence-corrected chi connectivity index (χ1v) is 11.2. The van der Waals surface area contributed by atoms with Gasteiger partial charge in [-0.05, 0) is 41.5 Å². The van der Waals surface area contributed by atoms with E-state index >= 15 is 0 Å². The van der Waals surface area contributed by atoms with Gasteiger partial charge < -0.3 is 20.3 Å². The van der Waals surface area contributed by atoms with Crippen molar-refractivity contribution < 1.29 is 27.5 Å². The third-order valence-electron chi connectivity index (χ3n) is 5.74. The molecule has 1 saturated heterocycles. The van der Waals surface area contributed by atoms with Crippen LogP contribution in [0.1, 0.15) is 10.4 Å². The van der Waals surface area contributed by atoms with Crippen LogP contribution < -0.4 is 21.2 Å². The summed E-state index contributed by atoms with van der Waals surface area (Å²) in [5.74, 6) is 5.17. The molecule has 0 radical (unpaired) electrons. The number of nitrogens with zero attached hydrogens (tertiary/aromatic N) is 5. The topological polar surface area (TPSA) is 131 Å². The maximum atomic E-state index is 13.0. The molecule has 4 N–H and O–H groups in total. The van der Waals surface area contributed by atoms with Gasteiger partial charge in [0.05, 0.1) is 5.56 Å². The van der Waals surface area contributed by atoms with Crippen LogP contribution in [0.5, 0.6) is 5.75 Å². The molecule has 13 heteroatoms. The van der Waals surface area contributed by atoms with Crippen LogP contribution in [0.15, 0.2) is 60.9 Å². The highest BCUT2D eigenvalue weighted by atomic mass is 19.4. The van der Waals surface area contributed by atoms with E-state index in [-0.39, 0.29) is 29.5 Å². The molecule has 2 aromatic carbocycles. The maximum absolute atomic E-state index is 13.0. The van der Waals surface area contributed by atoms with Crippen LogP contribution in [0.3, 0.4) is 0 Å². The smallest absolute Gasteiger partial charge is 0.406 e. The van der Waals surface area contributed by atoms with Crippen LogP contribution in [-0.2, 0) is 4.79 Å². The van der Waals surface area contributed by atoms with E-state index in [1.54, 1.807) is 29.4 Å². The van der Waals surface area contributed by atoms with Crippen LogP contribution in [0, 0.1) is 0 Å². The zero-order valence-electron chi connectivity index (χ0n) is 19.6. The van der Waals surface area contributed by atoms with E-state index in [9.17, 15) is 22.8 Å². The standard InChI is InChI=1S/C24H24F3N7O3/c25-24(26,27)37-18-5-2-16(3-6-18)17-4-7-20(28)19(14-17)22(36)34(29)15-21(35)32-10-12-33(13-11-32)23-30-8-1-9-31-23/h1-9,14H,10-13,15,28-29H2. The van der Waals surface area contributed by atoms with Crippen LogP contribution in [0.2, 0.25) is 0 Å². The fourth-order valence-corrected chi connectivity index (χ4v) is 3.85. The van der Waals surface area contributed by atoms with E-state index in [2.05, 4.69) is 14.7 Å². The van der Waals surface area contributed by atoms with E-state index in [0.717, 1.165) is 17.1 Å². The van der Waals surface area contributed by atoms with Crippen molar-refractivity contribution in [1.29, 1.82) is 0 Å². The number of amides is 2. The second-order valence-electron chi connectivity index (χ2n) is 8.22. The Morgan fingerprint density at radius 2 is 1.59 bits per heavy atom. The number of anilines is 2. The van der Waals surface area contributed by atoms with Gasteiger partial charge in [0.25, 0.3) is 5.91 Å². The summed E-state index contributed by atoms with van der Waals surface area (Å²) < 4.78 is 41.1. The maximum Gasteiger partial charge on any atom is 0.573 e. The Morgan fingerprint density at radius 1 is 0.973 bits per heavy atom. The molecule has 0 aliphatic carbocycles. The van der Waals surface area contributed by atoms with Crippen molar-refractivity contribution in [3.05, 3.63) is 66.5 Å². The SMILES string of the molecule is Nc1ccc(-c2ccc(OC(F)(F)F)cc2)cc1C(=O)N(N)CC(=O)N1CCN(c2ncccn2)CC1. The number of hydrogen-bond acceptors (Lipinski definition) is 8. The van der Waals surface area contributed by atoms with Crippen molar-refractivity contribution in [2.24, 2.45) is 5.84 Å². The predicted octanol–water partition coefficient (Wildman–Crippen LogP) is 2.29. The average molecular weight is 515 g/mol. The molecule has 2 heterocycles. The third kappa shape index (κ3) is 6.44. The monoisotopic (exact) mass is 515 g/mol. The fraction of sp³-hybridized carbons (Fsp3) is 0.250. The second kappa shape index (κ2) is 10.7. The Bertz CT molecular complexity index is 1250. The number of benzene rings is 2. The minimum absolute atomic E-state index is 0.0643. The van der Waals surface area contributed by atoms with Gasteiger partial charge in [-0.2, -0.15) is 0 Å². The molecule has 10 nitrogen and oxygen atoms in total. The van der Waals surface area contributed by atoms with Crippen molar-refractivity contribution in [2.75, 3.05) is 43.4 Å². The van der Waals surface area contributed by atoms with E-state index < -0.39 is 12.3 Å². The van der Waals surface area contributed by atoms with E-state index in [1.165, 1.54) is 24.3 Å². The molecule has 1 fully saturated rings. The quantitative estimate of drug-likeness (QED) is 0.221. The summed E-state index contributed by atoms with van der Waals surface area (Å²) in [6.45, 7) is 1.57. The lowest BCUT2D eigenvalue weighted by atomic mass is 10.0. The molecule has 4 rings (SSSR count). The highest BCUT2D eigenvalue weighted by Gasteiger charge is 2.31. The van der Waals surface area contributed by atoms with Gasteiger partial charge in [0.15, 0.2) is 0 Å². The number of alkyl halides is 3. The van der Waals surface area contributed by atoms with Crippen molar-refractivity contribution in [2.45, 2.75) is 6.36 Å². The number of hydrazine groups is 1. The van der Waals surface area contributed by atoms with Crippen LogP contribution in [-0.4, -0.2) is 70.8 Å². The van der Waals surface area contributed by atoms with Gasteiger partial charge in [-0.1, -0.05) is 18.2 Å². The van der Waals surface area contributed by atoms with Crippen molar-refractivity contribution >= 4 is 23.5 Å². The van der Waals surface area contributed by atoms with Gasteiger partial charge in [0.1, 0.15) is 12.3 Å². The van der Waals surface area contributed by atoms with Crippen molar-refractivity contribution in [1.82, 2.24) is 19.9 Å². The van der Waals surface area contributed by atoms with Gasteiger partial charge >= 0.3 is 6.36 Å². The molecule has 1 aromatic heterocycles. The van der Waals surface area contributed by atoms with Crippen LogP contribution in [0.25, 0.3) is 11.1 Å². The third-order valence-corrected chi connectivity index (χ3v) is 5.74. The molecule has 37 heavy (non-hydrogen) atoms. The van der Waals surface area contributed by atoms with E-state index in [1.807, 2.05) is 4.90 Å². The fourth-order valence-electron chi connectivity index (χ4n) is 3.85. The molecule has 0 bridgehead atoms. The van der Waals surface area contributed by atoms with Gasteiger partial charge in [0.2, 0.25) is 11.9 Å². The lowest BCUT2D eigenvalue weighted by molar-refractivity contribution is -0.274. The van der Waals surface area contributed by atoms with E-state index in [4.69, 9.17) is 11.6 Å². The largest absolute Gasteiger partial charge is 0.573 e. The van der Waals surface area contributed by atoms with Gasteiger partial charge in [0, 0.05) is 44.3 Å². The van der Waals surface area contributed by atoms with Gasteiger partial charge in [-0.25, -0.2) is 15.8 Å². The first-order chi connectivity index (χ1) is 17.6. The summed E-state index contributed by atoms with van der Waals surface area (Å²) in [6, 6.07) is 11.5. The molecule has 0 atom stereocenters. The Balaban J connectivity index is 1.38. The zero-order valence-corrected chi connectivity index (χ0v) is 19.6. The average Bonchev–Trinajstić information content (AvgIpc) is 2.89. The highest BCUT2D eigenvalue weighted by molar-refractivity contribution is 6.01. The number of halogens is 3. The molecule has 0 saturated carbocycles. The van der Waals surface area contributed by atoms with Gasteiger partial charge in [-0.3, -0.25) is 14.6 Å². The first kappa shape index (κ1) is 25.7. The minimum Gasteiger partial charge on any atom is -0.406 e. The summed E-state index contributed by atoms with van der Waals surface area (Å²) in [7, 11) is 0. The molecule has 194 valence electrons. The minimum atomic E-state index is -4.80. The van der Waals surface area contributed by atoms with Crippen LogP contribution >= 0.6 is 0 Å². The molecule has 3 aromatic rings. The summed E-state index contributed by atoms with van der Waals surface area (Å²) in [6.07, 6.45) is -1.50. The Hall–Kier alpha value is -4.39. The Morgan fingerprint density at radius 3 is 2.22 bits per heavy atom. The number of nitrogens with two attached hydrogens (primary N) is 2. The number of hydrogen-bond donors (Lipinski definition) is 2. The molecular formula is C24H24F3N7O3. The lowest BCUT2D eigenvalue weighted by Gasteiger charge is -2.35. The summed E-state index contributed by atoms with van der Waals surface area (Å²) in [5.41, 5.74) is 7.25. The number of carbonyl (C=O) groups is 2. The van der Waals surface area contributed by atoms with Crippen molar-refractivity contribution in [3.8, 4) is 16.9 Å². The number of ether oxygens (including phenoxy) is 1. The molecule has 0 spiro atoms. The molecular weight excluding hydrogens is 491 g/mol. The summed E-state index contributed by atoms with van der Waals surface area (Å²) >= 11 is 0. The summed E-state index contributed by atoms with van der Waals surface area (Å²) in [5, 5.41) is 0.796.